The number of rotatable bonds is 0. The molecule has 0 bridgehead atoms. The topological polar surface area (TPSA) is 43.4 Å². The van der Waals surface area contributed by atoms with Crippen LogP contribution in [0.15, 0.2) is 12.2 Å². The maximum atomic E-state index is 11.2. The van der Waals surface area contributed by atoms with Gasteiger partial charge in [0.15, 0.2) is 0 Å². The third kappa shape index (κ3) is 1.39. The van der Waals surface area contributed by atoms with Crippen molar-refractivity contribution in [3.8, 4) is 0 Å². The van der Waals surface area contributed by atoms with E-state index < -0.39 is 5.60 Å². The first-order valence-corrected chi connectivity index (χ1v) is 4.54. The van der Waals surface area contributed by atoms with Gasteiger partial charge in [-0.3, -0.25) is 4.79 Å². The van der Waals surface area contributed by atoms with Gasteiger partial charge in [-0.05, 0) is 12.8 Å². The van der Waals surface area contributed by atoms with E-state index in [4.69, 9.17) is 4.74 Å². The number of ether oxygens (including phenoxy) is 1. The van der Waals surface area contributed by atoms with Gasteiger partial charge in [0, 0.05) is 24.8 Å². The largest absolute Gasteiger partial charge is 0.455 e. The van der Waals surface area contributed by atoms with E-state index in [9.17, 15) is 9.59 Å². The van der Waals surface area contributed by atoms with Crippen molar-refractivity contribution in [2.75, 3.05) is 0 Å². The maximum Gasteiger partial charge on any atom is 0.334 e. The minimum Gasteiger partial charge on any atom is -0.455 e. The van der Waals surface area contributed by atoms with Crippen LogP contribution >= 0.6 is 0 Å². The lowest BCUT2D eigenvalue weighted by molar-refractivity contribution is -0.151. The molecule has 0 amide bonds. The molecule has 1 atom stereocenters. The van der Waals surface area contributed by atoms with Crippen LogP contribution in [0.25, 0.3) is 0 Å². The van der Waals surface area contributed by atoms with Crippen LogP contribution in [0.5, 0.6) is 0 Å². The zero-order chi connectivity index (χ0) is 9.47. The van der Waals surface area contributed by atoms with Gasteiger partial charge < -0.3 is 4.74 Å². The van der Waals surface area contributed by atoms with Gasteiger partial charge in [-0.25, -0.2) is 4.79 Å². The van der Waals surface area contributed by atoms with Gasteiger partial charge in [0.2, 0.25) is 0 Å². The standard InChI is InChI=1S/C10H12O3/c1-7-5-10(13-9(7)12)4-2-3-8(11)6-10/h1-6H2. The monoisotopic (exact) mass is 180 g/mol. The van der Waals surface area contributed by atoms with E-state index in [-0.39, 0.29) is 11.8 Å². The molecule has 1 unspecified atom stereocenters. The van der Waals surface area contributed by atoms with E-state index in [0.717, 1.165) is 12.8 Å². The van der Waals surface area contributed by atoms with Crippen LogP contribution in [0.4, 0.5) is 0 Å². The SMILES string of the molecule is C=C1CC2(CCCC(=O)C2)OC1=O. The summed E-state index contributed by atoms with van der Waals surface area (Å²) in [4.78, 5) is 22.3. The zero-order valence-corrected chi connectivity index (χ0v) is 7.47. The quantitative estimate of drug-likeness (QED) is 0.417. The van der Waals surface area contributed by atoms with Crippen LogP contribution < -0.4 is 0 Å². The molecule has 2 fully saturated rings. The number of Topliss-reactive ketones (excluding diaryl/α,β-unsaturated/α-hetero) is 1. The molecule has 70 valence electrons. The molecular weight excluding hydrogens is 168 g/mol. The fourth-order valence-corrected chi connectivity index (χ4v) is 2.15. The normalized spacial score (nSPS) is 34.0. The van der Waals surface area contributed by atoms with Crippen molar-refractivity contribution >= 4 is 11.8 Å². The summed E-state index contributed by atoms with van der Waals surface area (Å²) in [5.41, 5.74) is -0.00144. The summed E-state index contributed by atoms with van der Waals surface area (Å²) in [5.74, 6) is -0.122. The van der Waals surface area contributed by atoms with Gasteiger partial charge >= 0.3 is 5.97 Å². The van der Waals surface area contributed by atoms with Gasteiger partial charge in [0.1, 0.15) is 11.4 Å². The Kier molecular flexibility index (Phi) is 1.75. The molecule has 3 heteroatoms. The van der Waals surface area contributed by atoms with E-state index in [0.29, 0.717) is 24.8 Å². The molecule has 2 aliphatic rings. The Labute approximate surface area is 76.8 Å². The summed E-state index contributed by atoms with van der Waals surface area (Å²) in [6, 6.07) is 0. The number of ketones is 1. The van der Waals surface area contributed by atoms with Crippen LogP contribution in [0.1, 0.15) is 32.1 Å². The average molecular weight is 180 g/mol. The van der Waals surface area contributed by atoms with Gasteiger partial charge in [0.05, 0.1) is 0 Å². The minimum atomic E-state index is -0.510. The summed E-state index contributed by atoms with van der Waals surface area (Å²) in [6.45, 7) is 3.62. The lowest BCUT2D eigenvalue weighted by atomic mass is 9.81. The zero-order valence-electron chi connectivity index (χ0n) is 7.47. The van der Waals surface area contributed by atoms with E-state index >= 15 is 0 Å². The Morgan fingerprint density at radius 3 is 2.62 bits per heavy atom. The number of carbonyl (C=O) groups is 2. The Hall–Kier alpha value is -1.12. The van der Waals surface area contributed by atoms with Crippen molar-refractivity contribution in [3.63, 3.8) is 0 Å². The highest BCUT2D eigenvalue weighted by Crippen LogP contribution is 2.40. The number of hydrogen-bond acceptors (Lipinski definition) is 3. The third-order valence-corrected chi connectivity index (χ3v) is 2.74. The molecule has 3 nitrogen and oxygen atoms in total. The van der Waals surface area contributed by atoms with Crippen molar-refractivity contribution < 1.29 is 14.3 Å². The Morgan fingerprint density at radius 1 is 1.31 bits per heavy atom. The highest BCUT2D eigenvalue weighted by atomic mass is 16.6. The summed E-state index contributed by atoms with van der Waals surface area (Å²) >= 11 is 0. The van der Waals surface area contributed by atoms with Gasteiger partial charge in [0.25, 0.3) is 0 Å². The molecule has 0 radical (unpaired) electrons. The smallest absolute Gasteiger partial charge is 0.334 e. The average Bonchev–Trinajstić information content (AvgIpc) is 2.26. The molecule has 0 N–H and O–H groups in total. The molecule has 1 saturated carbocycles. The van der Waals surface area contributed by atoms with Crippen LogP contribution in [0.3, 0.4) is 0 Å². The van der Waals surface area contributed by atoms with Crippen LogP contribution in [0, 0.1) is 0 Å². The first kappa shape index (κ1) is 8.48. The first-order chi connectivity index (χ1) is 6.11. The summed E-state index contributed by atoms with van der Waals surface area (Å²) < 4.78 is 5.21. The fourth-order valence-electron chi connectivity index (χ4n) is 2.15. The van der Waals surface area contributed by atoms with E-state index in [1.54, 1.807) is 0 Å². The highest BCUT2D eigenvalue weighted by molar-refractivity contribution is 5.92. The second-order valence-corrected chi connectivity index (χ2v) is 3.92. The molecule has 2 rings (SSSR count). The number of carbonyl (C=O) groups excluding carboxylic acids is 2. The van der Waals surface area contributed by atoms with Crippen molar-refractivity contribution in [2.24, 2.45) is 0 Å². The van der Waals surface area contributed by atoms with Crippen LogP contribution in [-0.4, -0.2) is 17.4 Å². The fraction of sp³-hybridized carbons (Fsp3) is 0.600. The number of esters is 1. The van der Waals surface area contributed by atoms with Crippen molar-refractivity contribution in [1.29, 1.82) is 0 Å². The van der Waals surface area contributed by atoms with Crippen molar-refractivity contribution in [2.45, 2.75) is 37.7 Å². The molecule has 1 aliphatic heterocycles. The van der Waals surface area contributed by atoms with E-state index in [1.165, 1.54) is 0 Å². The first-order valence-electron chi connectivity index (χ1n) is 4.54. The molecule has 0 aromatic heterocycles. The third-order valence-electron chi connectivity index (χ3n) is 2.74. The highest BCUT2D eigenvalue weighted by Gasteiger charge is 2.45. The minimum absolute atomic E-state index is 0.203. The Balaban J connectivity index is 2.17. The summed E-state index contributed by atoms with van der Waals surface area (Å²) in [7, 11) is 0. The van der Waals surface area contributed by atoms with Crippen molar-refractivity contribution in [3.05, 3.63) is 12.2 Å². The Morgan fingerprint density at radius 2 is 2.08 bits per heavy atom. The molecular formula is C10H12O3. The predicted octanol–water partition coefficient (Wildman–Crippen LogP) is 1.37. The summed E-state index contributed by atoms with van der Waals surface area (Å²) in [5, 5.41) is 0. The Bertz CT molecular complexity index is 275. The molecule has 1 heterocycles. The van der Waals surface area contributed by atoms with Gasteiger partial charge in [-0.15, -0.1) is 0 Å². The molecule has 0 aromatic rings. The van der Waals surface area contributed by atoms with Crippen molar-refractivity contribution in [1.82, 2.24) is 0 Å². The summed E-state index contributed by atoms with van der Waals surface area (Å²) in [6.07, 6.45) is 3.20. The number of hydrogen-bond donors (Lipinski definition) is 0. The predicted molar refractivity (Wildman–Crippen MR) is 46.1 cm³/mol. The molecule has 13 heavy (non-hydrogen) atoms. The molecule has 0 aromatic carbocycles. The molecule has 1 spiro atoms. The van der Waals surface area contributed by atoms with E-state index in [1.807, 2.05) is 0 Å². The molecule has 1 aliphatic carbocycles. The second kappa shape index (κ2) is 2.69. The molecule has 1 saturated heterocycles. The lowest BCUT2D eigenvalue weighted by Gasteiger charge is -2.30. The lowest BCUT2D eigenvalue weighted by Crippen LogP contribution is -2.35. The van der Waals surface area contributed by atoms with E-state index in [2.05, 4.69) is 6.58 Å². The van der Waals surface area contributed by atoms with Crippen LogP contribution in [0.2, 0.25) is 0 Å². The maximum absolute atomic E-state index is 11.2. The second-order valence-electron chi connectivity index (χ2n) is 3.92. The van der Waals surface area contributed by atoms with Gasteiger partial charge in [-0.1, -0.05) is 6.58 Å². The van der Waals surface area contributed by atoms with Gasteiger partial charge in [-0.2, -0.15) is 0 Å². The van der Waals surface area contributed by atoms with Crippen LogP contribution in [-0.2, 0) is 14.3 Å².